The lowest BCUT2D eigenvalue weighted by Gasteiger charge is -2.20. The summed E-state index contributed by atoms with van der Waals surface area (Å²) in [6.45, 7) is 3.62. The smallest absolute Gasteiger partial charge is 0.0898 e. The van der Waals surface area contributed by atoms with Crippen molar-refractivity contribution in [3.05, 3.63) is 44.9 Å². The minimum atomic E-state index is 0.773. The molecule has 1 N–H and O–H groups in total. The quantitative estimate of drug-likeness (QED) is 0.915. The predicted octanol–water partition coefficient (Wildman–Crippen LogP) is 3.46. The van der Waals surface area contributed by atoms with Gasteiger partial charge in [0.1, 0.15) is 0 Å². The van der Waals surface area contributed by atoms with Crippen LogP contribution in [-0.2, 0) is 13.1 Å². The summed E-state index contributed by atoms with van der Waals surface area (Å²) >= 11 is 8.02. The molecule has 1 aromatic heterocycles. The number of thiazole rings is 1. The molecule has 0 aliphatic heterocycles. The molecule has 19 heavy (non-hydrogen) atoms. The molecule has 0 fully saturated rings. The van der Waals surface area contributed by atoms with E-state index >= 15 is 0 Å². The molecule has 0 aliphatic carbocycles. The van der Waals surface area contributed by atoms with Gasteiger partial charge in [-0.3, -0.25) is 0 Å². The van der Waals surface area contributed by atoms with Crippen molar-refractivity contribution in [2.24, 2.45) is 0 Å². The Morgan fingerprint density at radius 3 is 2.79 bits per heavy atom. The second-order valence-corrected chi connectivity index (χ2v) is 6.00. The molecular formula is C14H18ClN3S. The first-order valence-corrected chi connectivity index (χ1v) is 7.41. The normalized spacial score (nSPS) is 10.7. The molecule has 0 saturated carbocycles. The highest BCUT2D eigenvalue weighted by Crippen LogP contribution is 2.27. The van der Waals surface area contributed by atoms with Crippen molar-refractivity contribution in [2.75, 3.05) is 19.0 Å². The number of aromatic nitrogens is 1. The molecule has 1 aromatic carbocycles. The minimum absolute atomic E-state index is 0.773. The lowest BCUT2D eigenvalue weighted by Crippen LogP contribution is -2.17. The molecule has 2 rings (SSSR count). The van der Waals surface area contributed by atoms with Gasteiger partial charge in [0.25, 0.3) is 0 Å². The number of benzene rings is 1. The molecule has 102 valence electrons. The Kier molecular flexibility index (Phi) is 4.80. The summed E-state index contributed by atoms with van der Waals surface area (Å²) in [4.78, 5) is 6.60. The van der Waals surface area contributed by atoms with Gasteiger partial charge in [-0.25, -0.2) is 4.98 Å². The third kappa shape index (κ3) is 3.69. The summed E-state index contributed by atoms with van der Waals surface area (Å²) in [5.41, 5.74) is 3.31. The molecule has 3 nitrogen and oxygen atoms in total. The van der Waals surface area contributed by atoms with Crippen LogP contribution in [0.4, 0.5) is 5.69 Å². The molecule has 1 heterocycles. The zero-order valence-corrected chi connectivity index (χ0v) is 13.0. The molecule has 5 heteroatoms. The molecule has 0 atom stereocenters. The van der Waals surface area contributed by atoms with Crippen LogP contribution in [-0.4, -0.2) is 19.1 Å². The third-order valence-electron chi connectivity index (χ3n) is 2.87. The Hall–Kier alpha value is -1.10. The van der Waals surface area contributed by atoms with Gasteiger partial charge in [-0.1, -0.05) is 17.7 Å². The Bertz CT molecular complexity index is 553. The van der Waals surface area contributed by atoms with Crippen molar-refractivity contribution in [1.82, 2.24) is 10.3 Å². The molecule has 0 spiro atoms. The SMILES string of the molecule is CNCc1ccc(N(C)Cc2csc(C)n2)c(Cl)c1. The van der Waals surface area contributed by atoms with Crippen LogP contribution in [0.3, 0.4) is 0 Å². The van der Waals surface area contributed by atoms with Crippen LogP contribution in [0, 0.1) is 6.92 Å². The zero-order chi connectivity index (χ0) is 13.8. The molecule has 0 unspecified atom stereocenters. The zero-order valence-electron chi connectivity index (χ0n) is 11.4. The van der Waals surface area contributed by atoms with Crippen molar-refractivity contribution >= 4 is 28.6 Å². The van der Waals surface area contributed by atoms with Crippen molar-refractivity contribution in [1.29, 1.82) is 0 Å². The van der Waals surface area contributed by atoms with E-state index in [-0.39, 0.29) is 0 Å². The predicted molar refractivity (Wildman–Crippen MR) is 83.2 cm³/mol. The fraction of sp³-hybridized carbons (Fsp3) is 0.357. The molecule has 0 amide bonds. The fourth-order valence-corrected chi connectivity index (χ4v) is 2.93. The Labute approximate surface area is 123 Å². The van der Waals surface area contributed by atoms with E-state index < -0.39 is 0 Å². The Balaban J connectivity index is 2.12. The maximum absolute atomic E-state index is 6.34. The molecular weight excluding hydrogens is 278 g/mol. The van der Waals surface area contributed by atoms with Gasteiger partial charge < -0.3 is 10.2 Å². The topological polar surface area (TPSA) is 28.2 Å². The van der Waals surface area contributed by atoms with Gasteiger partial charge in [-0.15, -0.1) is 11.3 Å². The van der Waals surface area contributed by atoms with Gasteiger partial charge in [0.15, 0.2) is 0 Å². The monoisotopic (exact) mass is 295 g/mol. The third-order valence-corrected chi connectivity index (χ3v) is 4.00. The van der Waals surface area contributed by atoms with Crippen molar-refractivity contribution in [3.8, 4) is 0 Å². The summed E-state index contributed by atoms with van der Waals surface area (Å²) in [6.07, 6.45) is 0. The van der Waals surface area contributed by atoms with E-state index in [0.29, 0.717) is 0 Å². The lowest BCUT2D eigenvalue weighted by atomic mass is 10.2. The maximum atomic E-state index is 6.34. The summed E-state index contributed by atoms with van der Waals surface area (Å²) in [5.74, 6) is 0. The number of aryl methyl sites for hydroxylation is 1. The molecule has 0 bridgehead atoms. The number of nitrogens with one attached hydrogen (secondary N) is 1. The maximum Gasteiger partial charge on any atom is 0.0898 e. The van der Waals surface area contributed by atoms with E-state index in [9.17, 15) is 0 Å². The van der Waals surface area contributed by atoms with Crippen LogP contribution >= 0.6 is 22.9 Å². The number of halogens is 1. The molecule has 0 radical (unpaired) electrons. The number of anilines is 1. The molecule has 2 aromatic rings. The van der Waals surface area contributed by atoms with Gasteiger partial charge in [0.2, 0.25) is 0 Å². The minimum Gasteiger partial charge on any atom is -0.367 e. The number of rotatable bonds is 5. The van der Waals surface area contributed by atoms with Gasteiger partial charge in [-0.2, -0.15) is 0 Å². The van der Waals surface area contributed by atoms with Crippen LogP contribution in [0.25, 0.3) is 0 Å². The van der Waals surface area contributed by atoms with E-state index in [2.05, 4.69) is 32.7 Å². The second-order valence-electron chi connectivity index (χ2n) is 4.53. The van der Waals surface area contributed by atoms with Crippen molar-refractivity contribution in [2.45, 2.75) is 20.0 Å². The highest BCUT2D eigenvalue weighted by Gasteiger charge is 2.09. The first-order valence-electron chi connectivity index (χ1n) is 6.15. The second kappa shape index (κ2) is 6.37. The average Bonchev–Trinajstić information content (AvgIpc) is 2.75. The number of hydrogen-bond acceptors (Lipinski definition) is 4. The molecule has 0 aliphatic rings. The molecule has 0 saturated heterocycles. The first-order chi connectivity index (χ1) is 9.10. The van der Waals surface area contributed by atoms with E-state index in [1.54, 1.807) is 11.3 Å². The van der Waals surface area contributed by atoms with Crippen molar-refractivity contribution in [3.63, 3.8) is 0 Å². The van der Waals surface area contributed by atoms with Gasteiger partial charge in [0.05, 0.1) is 28.0 Å². The number of nitrogens with zero attached hydrogens (tertiary/aromatic N) is 2. The van der Waals surface area contributed by atoms with E-state index in [1.165, 1.54) is 5.56 Å². The summed E-state index contributed by atoms with van der Waals surface area (Å²) in [5, 5.41) is 7.09. The fourth-order valence-electron chi connectivity index (χ4n) is 1.98. The standard InChI is InChI=1S/C14H18ClN3S/c1-10-17-12(9-19-10)8-18(3)14-5-4-11(7-16-2)6-13(14)15/h4-6,9,16H,7-8H2,1-3H3. The lowest BCUT2D eigenvalue weighted by molar-refractivity contribution is 0.817. The van der Waals surface area contributed by atoms with Crippen LogP contribution in [0.5, 0.6) is 0 Å². The highest BCUT2D eigenvalue weighted by molar-refractivity contribution is 7.09. The number of hydrogen-bond donors (Lipinski definition) is 1. The largest absolute Gasteiger partial charge is 0.367 e. The Morgan fingerprint density at radius 1 is 1.42 bits per heavy atom. The van der Waals surface area contributed by atoms with Crippen LogP contribution < -0.4 is 10.2 Å². The van der Waals surface area contributed by atoms with Crippen LogP contribution in [0.1, 0.15) is 16.3 Å². The van der Waals surface area contributed by atoms with Gasteiger partial charge >= 0.3 is 0 Å². The van der Waals surface area contributed by atoms with E-state index in [0.717, 1.165) is 34.5 Å². The Morgan fingerprint density at radius 2 is 2.21 bits per heavy atom. The summed E-state index contributed by atoms with van der Waals surface area (Å²) < 4.78 is 0. The average molecular weight is 296 g/mol. The van der Waals surface area contributed by atoms with Gasteiger partial charge in [0, 0.05) is 19.0 Å². The van der Waals surface area contributed by atoms with Crippen LogP contribution in [0.2, 0.25) is 5.02 Å². The van der Waals surface area contributed by atoms with E-state index in [4.69, 9.17) is 11.6 Å². The highest BCUT2D eigenvalue weighted by atomic mass is 35.5. The summed E-state index contributed by atoms with van der Waals surface area (Å²) in [7, 11) is 3.96. The van der Waals surface area contributed by atoms with E-state index in [1.807, 2.05) is 27.1 Å². The summed E-state index contributed by atoms with van der Waals surface area (Å²) in [6, 6.07) is 6.17. The van der Waals surface area contributed by atoms with Gasteiger partial charge in [-0.05, 0) is 31.7 Å². The van der Waals surface area contributed by atoms with Crippen LogP contribution in [0.15, 0.2) is 23.6 Å². The first kappa shape index (κ1) is 14.3. The van der Waals surface area contributed by atoms with Crippen molar-refractivity contribution < 1.29 is 0 Å².